The molecule has 0 saturated carbocycles. The van der Waals surface area contributed by atoms with Gasteiger partial charge in [-0.15, -0.1) is 0 Å². The highest BCUT2D eigenvalue weighted by Crippen LogP contribution is 2.25. The van der Waals surface area contributed by atoms with E-state index in [-0.39, 0.29) is 5.91 Å². The number of ether oxygens (including phenoxy) is 2. The Hall–Kier alpha value is -2.01. The predicted molar refractivity (Wildman–Crippen MR) is 76.2 cm³/mol. The van der Waals surface area contributed by atoms with E-state index >= 15 is 0 Å². The van der Waals surface area contributed by atoms with E-state index in [9.17, 15) is 4.79 Å². The topological polar surface area (TPSA) is 43.7 Å². The molecule has 1 aromatic heterocycles. The first kappa shape index (κ1) is 13.0. The van der Waals surface area contributed by atoms with Gasteiger partial charge < -0.3 is 18.9 Å². The molecule has 1 aromatic carbocycles. The first-order valence-corrected chi connectivity index (χ1v) is 6.71. The summed E-state index contributed by atoms with van der Waals surface area (Å²) in [6, 6.07) is 7.71. The molecule has 3 rings (SSSR count). The summed E-state index contributed by atoms with van der Waals surface area (Å²) in [5.41, 5.74) is 1.77. The minimum Gasteiger partial charge on any atom is -0.482 e. The summed E-state index contributed by atoms with van der Waals surface area (Å²) in [7, 11) is 3.60. The summed E-state index contributed by atoms with van der Waals surface area (Å²) < 4.78 is 12.5. The van der Waals surface area contributed by atoms with Crippen molar-refractivity contribution in [2.75, 3.05) is 33.4 Å². The molecular weight excluding hydrogens is 256 g/mol. The molecule has 1 saturated heterocycles. The molecule has 5 heteroatoms. The number of morpholine rings is 1. The quantitative estimate of drug-likeness (QED) is 0.836. The highest BCUT2D eigenvalue weighted by Gasteiger charge is 2.19. The maximum atomic E-state index is 12.4. The van der Waals surface area contributed by atoms with Crippen LogP contribution in [0, 0.1) is 0 Å². The monoisotopic (exact) mass is 274 g/mol. The number of aryl methyl sites for hydroxylation is 1. The fourth-order valence-electron chi connectivity index (χ4n) is 2.60. The lowest BCUT2D eigenvalue weighted by atomic mass is 10.1. The van der Waals surface area contributed by atoms with E-state index in [1.807, 2.05) is 40.8 Å². The Morgan fingerprint density at radius 2 is 2.00 bits per heavy atom. The van der Waals surface area contributed by atoms with Gasteiger partial charge in [-0.2, -0.15) is 0 Å². The van der Waals surface area contributed by atoms with Gasteiger partial charge in [-0.3, -0.25) is 4.79 Å². The number of fused-ring (bicyclic) bond motifs is 1. The van der Waals surface area contributed by atoms with Gasteiger partial charge in [0.2, 0.25) is 0 Å². The van der Waals surface area contributed by atoms with Crippen LogP contribution in [0.1, 0.15) is 10.4 Å². The van der Waals surface area contributed by atoms with Crippen molar-refractivity contribution in [3.63, 3.8) is 0 Å². The van der Waals surface area contributed by atoms with E-state index in [4.69, 9.17) is 9.47 Å². The number of methoxy groups -OCH3 is 1. The first-order valence-electron chi connectivity index (χ1n) is 6.71. The molecule has 1 aliphatic heterocycles. The van der Waals surface area contributed by atoms with Gasteiger partial charge in [-0.1, -0.05) is 0 Å². The molecule has 20 heavy (non-hydrogen) atoms. The molecule has 2 aromatic rings. The lowest BCUT2D eigenvalue weighted by Crippen LogP contribution is -2.40. The van der Waals surface area contributed by atoms with Crippen molar-refractivity contribution in [3.8, 4) is 5.88 Å². The first-order chi connectivity index (χ1) is 9.70. The second-order valence-electron chi connectivity index (χ2n) is 4.92. The van der Waals surface area contributed by atoms with E-state index in [1.54, 1.807) is 7.11 Å². The number of hydrogen-bond acceptors (Lipinski definition) is 3. The number of rotatable bonds is 2. The summed E-state index contributed by atoms with van der Waals surface area (Å²) in [6.45, 7) is 2.56. The van der Waals surface area contributed by atoms with E-state index in [2.05, 4.69) is 0 Å². The smallest absolute Gasteiger partial charge is 0.254 e. The largest absolute Gasteiger partial charge is 0.482 e. The van der Waals surface area contributed by atoms with E-state index < -0.39 is 0 Å². The van der Waals surface area contributed by atoms with Crippen LogP contribution in [0.5, 0.6) is 5.88 Å². The molecule has 1 aliphatic rings. The lowest BCUT2D eigenvalue weighted by molar-refractivity contribution is 0.0303. The van der Waals surface area contributed by atoms with Gasteiger partial charge in [0.25, 0.3) is 5.91 Å². The van der Waals surface area contributed by atoms with E-state index in [1.165, 1.54) is 0 Å². The molecule has 0 atom stereocenters. The standard InChI is InChI=1S/C15H18N2O3/c1-16-13-4-3-11(9-12(13)10-14(16)19-2)15(18)17-5-7-20-8-6-17/h3-4,9-10H,5-8H2,1-2H3. The lowest BCUT2D eigenvalue weighted by Gasteiger charge is -2.26. The van der Waals surface area contributed by atoms with Crippen LogP contribution in [0.4, 0.5) is 0 Å². The number of hydrogen-bond donors (Lipinski definition) is 0. The molecular formula is C15H18N2O3. The zero-order chi connectivity index (χ0) is 14.1. The number of carbonyl (C=O) groups excluding carboxylic acids is 1. The SMILES string of the molecule is COc1cc2cc(C(=O)N3CCOCC3)ccc2n1C. The molecule has 106 valence electrons. The van der Waals surface area contributed by atoms with Gasteiger partial charge in [0.1, 0.15) is 0 Å². The molecule has 2 heterocycles. The zero-order valence-corrected chi connectivity index (χ0v) is 11.8. The molecule has 0 spiro atoms. The van der Waals surface area contributed by atoms with Crippen LogP contribution in [0.3, 0.4) is 0 Å². The molecule has 0 N–H and O–H groups in total. The third kappa shape index (κ3) is 2.14. The van der Waals surface area contributed by atoms with Crippen molar-refractivity contribution in [2.45, 2.75) is 0 Å². The Labute approximate surface area is 117 Å². The second-order valence-corrected chi connectivity index (χ2v) is 4.92. The Morgan fingerprint density at radius 1 is 1.25 bits per heavy atom. The predicted octanol–water partition coefficient (Wildman–Crippen LogP) is 1.66. The van der Waals surface area contributed by atoms with Crippen LogP contribution in [-0.2, 0) is 11.8 Å². The van der Waals surface area contributed by atoms with Crippen LogP contribution in [0.2, 0.25) is 0 Å². The minimum absolute atomic E-state index is 0.0676. The number of amides is 1. The summed E-state index contributed by atoms with van der Waals surface area (Å²) in [6.07, 6.45) is 0. The van der Waals surface area contributed by atoms with Crippen molar-refractivity contribution >= 4 is 16.8 Å². The average Bonchev–Trinajstić information content (AvgIpc) is 2.83. The summed E-state index contributed by atoms with van der Waals surface area (Å²) in [5.74, 6) is 0.856. The highest BCUT2D eigenvalue weighted by atomic mass is 16.5. The molecule has 1 amide bonds. The van der Waals surface area contributed by atoms with Crippen molar-refractivity contribution in [2.24, 2.45) is 7.05 Å². The van der Waals surface area contributed by atoms with Crippen LogP contribution in [-0.4, -0.2) is 48.8 Å². The van der Waals surface area contributed by atoms with Crippen molar-refractivity contribution in [1.82, 2.24) is 9.47 Å². The van der Waals surface area contributed by atoms with Crippen LogP contribution in [0.25, 0.3) is 10.9 Å². The van der Waals surface area contributed by atoms with Crippen molar-refractivity contribution in [1.29, 1.82) is 0 Å². The van der Waals surface area contributed by atoms with Gasteiger partial charge in [0, 0.05) is 37.2 Å². The average molecular weight is 274 g/mol. The minimum atomic E-state index is 0.0676. The number of aromatic nitrogens is 1. The molecule has 5 nitrogen and oxygen atoms in total. The third-order valence-electron chi connectivity index (χ3n) is 3.75. The number of benzene rings is 1. The second kappa shape index (κ2) is 5.17. The van der Waals surface area contributed by atoms with E-state index in [0.717, 1.165) is 16.8 Å². The fraction of sp³-hybridized carbons (Fsp3) is 0.400. The molecule has 0 radical (unpaired) electrons. The maximum absolute atomic E-state index is 12.4. The van der Waals surface area contributed by atoms with Crippen LogP contribution >= 0.6 is 0 Å². The Balaban J connectivity index is 1.94. The van der Waals surface area contributed by atoms with Crippen molar-refractivity contribution in [3.05, 3.63) is 29.8 Å². The summed E-state index contributed by atoms with van der Waals surface area (Å²) in [5, 5.41) is 1.02. The van der Waals surface area contributed by atoms with Crippen molar-refractivity contribution < 1.29 is 14.3 Å². The third-order valence-corrected chi connectivity index (χ3v) is 3.75. The van der Waals surface area contributed by atoms with Crippen LogP contribution in [0.15, 0.2) is 24.3 Å². The molecule has 0 aliphatic carbocycles. The highest BCUT2D eigenvalue weighted by molar-refractivity contribution is 5.98. The van der Waals surface area contributed by atoms with E-state index in [0.29, 0.717) is 31.9 Å². The molecule has 0 unspecified atom stereocenters. The fourth-order valence-corrected chi connectivity index (χ4v) is 2.60. The Morgan fingerprint density at radius 3 is 2.70 bits per heavy atom. The Bertz CT molecular complexity index is 642. The van der Waals surface area contributed by atoms with Gasteiger partial charge >= 0.3 is 0 Å². The summed E-state index contributed by atoms with van der Waals surface area (Å²) in [4.78, 5) is 14.3. The maximum Gasteiger partial charge on any atom is 0.254 e. The number of carbonyl (C=O) groups is 1. The Kier molecular flexibility index (Phi) is 3.36. The summed E-state index contributed by atoms with van der Waals surface area (Å²) >= 11 is 0. The van der Waals surface area contributed by atoms with Crippen LogP contribution < -0.4 is 4.74 Å². The zero-order valence-electron chi connectivity index (χ0n) is 11.8. The van der Waals surface area contributed by atoms with Gasteiger partial charge in [-0.05, 0) is 18.2 Å². The molecule has 1 fully saturated rings. The molecule has 0 bridgehead atoms. The normalized spacial score (nSPS) is 15.6. The van der Waals surface area contributed by atoms with Gasteiger partial charge in [0.15, 0.2) is 5.88 Å². The van der Waals surface area contributed by atoms with Gasteiger partial charge in [0.05, 0.1) is 25.8 Å². The van der Waals surface area contributed by atoms with Gasteiger partial charge in [-0.25, -0.2) is 0 Å². The number of nitrogens with zero attached hydrogens (tertiary/aromatic N) is 2.